The number of hydrogen-bond acceptors (Lipinski definition) is 2. The third-order valence-corrected chi connectivity index (χ3v) is 2.32. The molecule has 2 amide bonds. The number of rotatable bonds is 4. The Hall–Kier alpha value is -2.37. The summed E-state index contributed by atoms with van der Waals surface area (Å²) in [6.07, 6.45) is 3.95. The number of H-pyrrole nitrogens is 1. The van der Waals surface area contributed by atoms with Gasteiger partial charge in [-0.1, -0.05) is 6.07 Å². The Morgan fingerprint density at radius 3 is 3.06 bits per heavy atom. The molecule has 0 aliphatic rings. The second-order valence-electron chi connectivity index (χ2n) is 3.72. The molecule has 0 fully saturated rings. The smallest absolute Gasteiger partial charge is 0.319 e. The summed E-state index contributed by atoms with van der Waals surface area (Å²) in [5.41, 5.74) is 1.37. The van der Waals surface area contributed by atoms with E-state index in [-0.39, 0.29) is 11.8 Å². The number of urea groups is 1. The van der Waals surface area contributed by atoms with Crippen LogP contribution in [0.5, 0.6) is 0 Å². The lowest BCUT2D eigenvalue weighted by molar-refractivity contribution is 0.252. The molecule has 94 valence electrons. The third kappa shape index (κ3) is 3.58. The number of carbonyl (C=O) groups excluding carboxylic acids is 1. The summed E-state index contributed by atoms with van der Waals surface area (Å²) in [4.78, 5) is 18.3. The number of benzene rings is 1. The molecule has 1 aromatic heterocycles. The molecule has 0 saturated heterocycles. The second kappa shape index (κ2) is 5.81. The second-order valence-corrected chi connectivity index (χ2v) is 3.72. The number of nitrogens with zero attached hydrogens (tertiary/aromatic N) is 1. The third-order valence-electron chi connectivity index (χ3n) is 2.32. The minimum Gasteiger partial charge on any atom is -0.348 e. The van der Waals surface area contributed by atoms with Crippen molar-refractivity contribution in [2.45, 2.75) is 6.42 Å². The molecule has 2 rings (SSSR count). The number of nitrogens with one attached hydrogen (secondary N) is 3. The fraction of sp³-hybridized carbons (Fsp3) is 0.167. The zero-order chi connectivity index (χ0) is 12.8. The zero-order valence-corrected chi connectivity index (χ0v) is 9.61. The van der Waals surface area contributed by atoms with Gasteiger partial charge in [-0.3, -0.25) is 0 Å². The van der Waals surface area contributed by atoms with Crippen LogP contribution in [0, 0.1) is 5.82 Å². The number of aromatic nitrogens is 2. The Labute approximate surface area is 103 Å². The summed E-state index contributed by atoms with van der Waals surface area (Å²) < 4.78 is 12.9. The van der Waals surface area contributed by atoms with Crippen LogP contribution in [0.15, 0.2) is 36.8 Å². The topological polar surface area (TPSA) is 69.8 Å². The Bertz CT molecular complexity index is 513. The van der Waals surface area contributed by atoms with Crippen LogP contribution in [0.25, 0.3) is 0 Å². The van der Waals surface area contributed by atoms with Gasteiger partial charge < -0.3 is 15.6 Å². The maximum Gasteiger partial charge on any atom is 0.319 e. The summed E-state index contributed by atoms with van der Waals surface area (Å²) in [5, 5.41) is 5.22. The highest BCUT2D eigenvalue weighted by Crippen LogP contribution is 2.08. The molecule has 2 aromatic rings. The Balaban J connectivity index is 1.75. The summed E-state index contributed by atoms with van der Waals surface area (Å²) in [6, 6.07) is 5.38. The van der Waals surface area contributed by atoms with Gasteiger partial charge >= 0.3 is 6.03 Å². The number of aromatic amines is 1. The highest BCUT2D eigenvalue weighted by atomic mass is 19.1. The van der Waals surface area contributed by atoms with E-state index < -0.39 is 0 Å². The molecule has 0 radical (unpaired) electrons. The van der Waals surface area contributed by atoms with Crippen molar-refractivity contribution in [3.63, 3.8) is 0 Å². The van der Waals surface area contributed by atoms with Crippen molar-refractivity contribution >= 4 is 11.7 Å². The zero-order valence-electron chi connectivity index (χ0n) is 9.61. The molecule has 1 heterocycles. The standard InChI is InChI=1S/C12H13FN4O/c13-9-2-1-3-10(6-9)17-12(18)15-5-4-11-7-14-8-16-11/h1-3,6-8H,4-5H2,(H,14,16)(H2,15,17,18). The first kappa shape index (κ1) is 12.1. The minimum absolute atomic E-state index is 0.361. The first-order chi connectivity index (χ1) is 8.74. The van der Waals surface area contributed by atoms with Crippen LogP contribution in [0.4, 0.5) is 14.9 Å². The highest BCUT2D eigenvalue weighted by Gasteiger charge is 2.02. The van der Waals surface area contributed by atoms with Crippen LogP contribution >= 0.6 is 0 Å². The van der Waals surface area contributed by atoms with E-state index >= 15 is 0 Å². The van der Waals surface area contributed by atoms with Crippen molar-refractivity contribution in [3.8, 4) is 0 Å². The number of hydrogen-bond donors (Lipinski definition) is 3. The minimum atomic E-state index is -0.384. The van der Waals surface area contributed by atoms with Gasteiger partial charge in [-0.2, -0.15) is 0 Å². The van der Waals surface area contributed by atoms with Gasteiger partial charge in [-0.05, 0) is 18.2 Å². The summed E-state index contributed by atoms with van der Waals surface area (Å²) in [7, 11) is 0. The first-order valence-electron chi connectivity index (χ1n) is 5.52. The Kier molecular flexibility index (Phi) is 3.90. The van der Waals surface area contributed by atoms with Crippen molar-refractivity contribution in [1.82, 2.24) is 15.3 Å². The number of amides is 2. The SMILES string of the molecule is O=C(NCCc1cnc[nH]1)Nc1cccc(F)c1. The molecule has 1 aromatic carbocycles. The quantitative estimate of drug-likeness (QED) is 0.773. The molecular weight excluding hydrogens is 235 g/mol. The monoisotopic (exact) mass is 248 g/mol. The van der Waals surface area contributed by atoms with E-state index in [2.05, 4.69) is 20.6 Å². The van der Waals surface area contributed by atoms with Crippen molar-refractivity contribution in [3.05, 3.63) is 48.3 Å². The van der Waals surface area contributed by atoms with E-state index in [0.29, 0.717) is 18.7 Å². The van der Waals surface area contributed by atoms with Gasteiger partial charge in [-0.25, -0.2) is 14.2 Å². The van der Waals surface area contributed by atoms with Gasteiger partial charge in [0.1, 0.15) is 5.82 Å². The molecule has 3 N–H and O–H groups in total. The molecule has 0 saturated carbocycles. The van der Waals surface area contributed by atoms with E-state index in [1.165, 1.54) is 18.2 Å². The Morgan fingerprint density at radius 1 is 1.44 bits per heavy atom. The van der Waals surface area contributed by atoms with Crippen LogP contribution in [-0.4, -0.2) is 22.5 Å². The summed E-state index contributed by atoms with van der Waals surface area (Å²) >= 11 is 0. The van der Waals surface area contributed by atoms with Gasteiger partial charge in [0, 0.05) is 30.5 Å². The fourth-order valence-electron chi connectivity index (χ4n) is 1.47. The molecule has 0 unspecified atom stereocenters. The van der Waals surface area contributed by atoms with Crippen molar-refractivity contribution in [2.75, 3.05) is 11.9 Å². The molecule has 0 spiro atoms. The van der Waals surface area contributed by atoms with Gasteiger partial charge in [0.2, 0.25) is 0 Å². The number of anilines is 1. The molecule has 0 bridgehead atoms. The van der Waals surface area contributed by atoms with Crippen LogP contribution in [0.2, 0.25) is 0 Å². The molecule has 0 atom stereocenters. The van der Waals surface area contributed by atoms with Crippen LogP contribution in [0.3, 0.4) is 0 Å². The van der Waals surface area contributed by atoms with E-state index in [9.17, 15) is 9.18 Å². The van der Waals surface area contributed by atoms with Crippen LogP contribution in [-0.2, 0) is 6.42 Å². The fourth-order valence-corrected chi connectivity index (χ4v) is 1.47. The van der Waals surface area contributed by atoms with Gasteiger partial charge in [0.25, 0.3) is 0 Å². The molecular formula is C12H13FN4O. The van der Waals surface area contributed by atoms with Crippen molar-refractivity contribution in [2.24, 2.45) is 0 Å². The van der Waals surface area contributed by atoms with Gasteiger partial charge in [0.05, 0.1) is 6.33 Å². The molecule has 5 nitrogen and oxygen atoms in total. The van der Waals surface area contributed by atoms with E-state index in [0.717, 1.165) is 5.69 Å². The molecule has 18 heavy (non-hydrogen) atoms. The van der Waals surface area contributed by atoms with E-state index in [1.807, 2.05) is 0 Å². The predicted octanol–water partition coefficient (Wildman–Crippen LogP) is 1.91. The number of halogens is 1. The molecule has 0 aliphatic heterocycles. The van der Waals surface area contributed by atoms with Crippen LogP contribution in [0.1, 0.15) is 5.69 Å². The lowest BCUT2D eigenvalue weighted by Gasteiger charge is -2.06. The van der Waals surface area contributed by atoms with E-state index in [4.69, 9.17) is 0 Å². The van der Waals surface area contributed by atoms with Crippen LogP contribution < -0.4 is 10.6 Å². The van der Waals surface area contributed by atoms with Crippen molar-refractivity contribution < 1.29 is 9.18 Å². The average molecular weight is 248 g/mol. The summed E-state index contributed by atoms with van der Waals surface area (Å²) in [6.45, 7) is 0.476. The van der Waals surface area contributed by atoms with E-state index in [1.54, 1.807) is 18.6 Å². The lowest BCUT2D eigenvalue weighted by atomic mass is 10.3. The number of imidazole rings is 1. The highest BCUT2D eigenvalue weighted by molar-refractivity contribution is 5.89. The largest absolute Gasteiger partial charge is 0.348 e. The predicted molar refractivity (Wildman–Crippen MR) is 65.7 cm³/mol. The number of carbonyl (C=O) groups is 1. The van der Waals surface area contributed by atoms with Gasteiger partial charge in [-0.15, -0.1) is 0 Å². The van der Waals surface area contributed by atoms with Gasteiger partial charge in [0.15, 0.2) is 0 Å². The van der Waals surface area contributed by atoms with Crippen molar-refractivity contribution in [1.29, 1.82) is 0 Å². The Morgan fingerprint density at radius 2 is 2.33 bits per heavy atom. The maximum absolute atomic E-state index is 12.9. The summed E-state index contributed by atoms with van der Waals surface area (Å²) in [5.74, 6) is -0.384. The molecule has 6 heteroatoms. The maximum atomic E-state index is 12.9. The molecule has 0 aliphatic carbocycles. The lowest BCUT2D eigenvalue weighted by Crippen LogP contribution is -2.30. The normalized spacial score (nSPS) is 10.1. The average Bonchev–Trinajstić information content (AvgIpc) is 2.82. The first-order valence-corrected chi connectivity index (χ1v) is 5.52.